The molecule has 5 N–H and O–H groups in total. The Labute approximate surface area is 220 Å². The van der Waals surface area contributed by atoms with Crippen LogP contribution < -0.4 is 26.8 Å². The zero-order valence-electron chi connectivity index (χ0n) is 19.6. The summed E-state index contributed by atoms with van der Waals surface area (Å²) in [6.07, 6.45) is 0. The van der Waals surface area contributed by atoms with Crippen molar-refractivity contribution in [3.05, 3.63) is 106 Å². The maximum atomic E-state index is 13.2. The molecule has 0 amide bonds. The predicted molar refractivity (Wildman–Crippen MR) is 143 cm³/mol. The summed E-state index contributed by atoms with van der Waals surface area (Å²) < 4.78 is 26.4. The number of benzene rings is 3. The lowest BCUT2D eigenvalue weighted by atomic mass is 10.2. The van der Waals surface area contributed by atoms with E-state index < -0.39 is 4.92 Å². The van der Waals surface area contributed by atoms with E-state index in [-0.39, 0.29) is 40.3 Å². The number of nitro benzene ring substituents is 1. The van der Waals surface area contributed by atoms with E-state index in [1.54, 1.807) is 24.3 Å². The maximum Gasteiger partial charge on any atom is 0.269 e. The second kappa shape index (κ2) is 12.3. The number of hydrazine groups is 1. The highest BCUT2D eigenvalue weighted by Gasteiger charge is 2.09. The first-order chi connectivity index (χ1) is 18.3. The Morgan fingerprint density at radius 2 is 1.24 bits per heavy atom. The lowest BCUT2D eigenvalue weighted by Crippen LogP contribution is -2.34. The summed E-state index contributed by atoms with van der Waals surface area (Å²) in [5.74, 6) is -0.0980. The number of anilines is 4. The minimum atomic E-state index is -0.494. The lowest BCUT2D eigenvalue weighted by molar-refractivity contribution is -0.384. The van der Waals surface area contributed by atoms with Crippen LogP contribution in [0.1, 0.15) is 11.1 Å². The average molecular weight is 538 g/mol. The summed E-state index contributed by atoms with van der Waals surface area (Å²) in [6, 6.07) is 17.7. The fourth-order valence-electron chi connectivity index (χ4n) is 3.10. The van der Waals surface area contributed by atoms with E-state index in [0.29, 0.717) is 18.8 Å². The van der Waals surface area contributed by atoms with Crippen LogP contribution in [0.15, 0.2) is 72.8 Å². The third-order valence-corrected chi connectivity index (χ3v) is 5.19. The number of rotatable bonds is 10. The average Bonchev–Trinajstić information content (AvgIpc) is 2.91. The van der Waals surface area contributed by atoms with E-state index in [4.69, 9.17) is 12.2 Å². The van der Waals surface area contributed by atoms with Crippen molar-refractivity contribution in [2.24, 2.45) is 0 Å². The number of hydrogen-bond donors (Lipinski definition) is 5. The predicted octanol–water partition coefficient (Wildman–Crippen LogP) is 4.60. The molecular formula is C24H21F2N9O2S. The quantitative estimate of drug-likeness (QED) is 0.110. The van der Waals surface area contributed by atoms with Crippen LogP contribution in [0.25, 0.3) is 0 Å². The van der Waals surface area contributed by atoms with Gasteiger partial charge in [-0.25, -0.2) is 8.78 Å². The van der Waals surface area contributed by atoms with Gasteiger partial charge in [0.25, 0.3) is 5.69 Å². The van der Waals surface area contributed by atoms with Gasteiger partial charge < -0.3 is 16.0 Å². The zero-order chi connectivity index (χ0) is 26.9. The van der Waals surface area contributed by atoms with Crippen molar-refractivity contribution < 1.29 is 13.7 Å². The molecule has 0 saturated carbocycles. The van der Waals surface area contributed by atoms with E-state index in [2.05, 4.69) is 41.8 Å². The van der Waals surface area contributed by atoms with E-state index in [0.717, 1.165) is 11.1 Å². The van der Waals surface area contributed by atoms with Crippen LogP contribution >= 0.6 is 12.2 Å². The van der Waals surface area contributed by atoms with Crippen molar-refractivity contribution in [1.82, 2.24) is 20.4 Å². The summed E-state index contributed by atoms with van der Waals surface area (Å²) in [7, 11) is 0. The van der Waals surface area contributed by atoms with E-state index in [9.17, 15) is 18.9 Å². The Morgan fingerprint density at radius 1 is 0.763 bits per heavy atom. The number of halogens is 2. The van der Waals surface area contributed by atoms with Gasteiger partial charge in [0, 0.05) is 30.9 Å². The van der Waals surface area contributed by atoms with Gasteiger partial charge in [-0.2, -0.15) is 15.0 Å². The molecule has 0 saturated heterocycles. The van der Waals surface area contributed by atoms with Gasteiger partial charge in [0.2, 0.25) is 17.8 Å². The molecule has 3 aromatic carbocycles. The Morgan fingerprint density at radius 3 is 1.71 bits per heavy atom. The number of nitrogens with one attached hydrogen (secondary N) is 5. The SMILES string of the molecule is O=[N+]([O-])c1ccc(NC(=S)NNc2nc(NCc3ccc(F)cc3)nc(NCc3ccc(F)cc3)n2)cc1. The van der Waals surface area contributed by atoms with Crippen LogP contribution in [0.5, 0.6) is 0 Å². The summed E-state index contributed by atoms with van der Waals surface area (Å²) in [4.78, 5) is 23.3. The summed E-state index contributed by atoms with van der Waals surface area (Å²) in [5, 5.41) is 20.0. The van der Waals surface area contributed by atoms with Crippen molar-refractivity contribution in [1.29, 1.82) is 0 Å². The van der Waals surface area contributed by atoms with Gasteiger partial charge in [-0.1, -0.05) is 24.3 Å². The Kier molecular flexibility index (Phi) is 8.46. The fraction of sp³-hybridized carbons (Fsp3) is 0.0833. The van der Waals surface area contributed by atoms with Crippen molar-refractivity contribution >= 4 is 46.6 Å². The fourth-order valence-corrected chi connectivity index (χ4v) is 3.27. The number of hydrogen-bond acceptors (Lipinski definition) is 9. The molecule has 194 valence electrons. The maximum absolute atomic E-state index is 13.2. The van der Waals surface area contributed by atoms with Gasteiger partial charge in [-0.05, 0) is 59.7 Å². The molecule has 0 aliphatic heterocycles. The molecule has 11 nitrogen and oxygen atoms in total. The van der Waals surface area contributed by atoms with Gasteiger partial charge >= 0.3 is 0 Å². The molecule has 0 aliphatic rings. The van der Waals surface area contributed by atoms with Crippen LogP contribution in [0.2, 0.25) is 0 Å². The molecule has 0 unspecified atom stereocenters. The number of non-ortho nitro benzene ring substituents is 1. The number of nitro groups is 1. The van der Waals surface area contributed by atoms with Crippen molar-refractivity contribution in [3.63, 3.8) is 0 Å². The molecule has 14 heteroatoms. The van der Waals surface area contributed by atoms with E-state index >= 15 is 0 Å². The van der Waals surface area contributed by atoms with E-state index in [1.807, 2.05) is 0 Å². The Balaban J connectivity index is 1.42. The molecule has 0 atom stereocenters. The van der Waals surface area contributed by atoms with Crippen molar-refractivity contribution in [3.8, 4) is 0 Å². The van der Waals surface area contributed by atoms with Crippen LogP contribution in [-0.4, -0.2) is 25.0 Å². The molecule has 0 aliphatic carbocycles. The minimum Gasteiger partial charge on any atom is -0.350 e. The van der Waals surface area contributed by atoms with Gasteiger partial charge in [0.1, 0.15) is 11.6 Å². The Hall–Kier alpha value is -4.98. The molecule has 0 spiro atoms. The monoisotopic (exact) mass is 537 g/mol. The molecule has 4 aromatic rings. The van der Waals surface area contributed by atoms with Crippen molar-refractivity contribution in [2.45, 2.75) is 13.1 Å². The van der Waals surface area contributed by atoms with Crippen molar-refractivity contribution in [2.75, 3.05) is 21.4 Å². The Bertz CT molecular complexity index is 1340. The lowest BCUT2D eigenvalue weighted by Gasteiger charge is -2.14. The number of aromatic nitrogens is 3. The normalized spacial score (nSPS) is 10.4. The highest BCUT2D eigenvalue weighted by atomic mass is 32.1. The molecule has 1 aromatic heterocycles. The molecule has 0 radical (unpaired) electrons. The second-order valence-electron chi connectivity index (χ2n) is 7.77. The first kappa shape index (κ1) is 26.1. The minimum absolute atomic E-state index is 0.0425. The third kappa shape index (κ3) is 7.76. The zero-order valence-corrected chi connectivity index (χ0v) is 20.4. The first-order valence-electron chi connectivity index (χ1n) is 11.1. The van der Waals surface area contributed by atoms with Crippen LogP contribution in [-0.2, 0) is 13.1 Å². The highest BCUT2D eigenvalue weighted by molar-refractivity contribution is 7.80. The molecule has 1 heterocycles. The number of thiocarbonyl (C=S) groups is 1. The topological polar surface area (TPSA) is 142 Å². The second-order valence-corrected chi connectivity index (χ2v) is 8.18. The summed E-state index contributed by atoms with van der Waals surface area (Å²) in [6.45, 7) is 0.656. The molecule has 4 rings (SSSR count). The van der Waals surface area contributed by atoms with Gasteiger partial charge in [0.15, 0.2) is 5.11 Å². The van der Waals surface area contributed by atoms with Crippen LogP contribution in [0.3, 0.4) is 0 Å². The highest BCUT2D eigenvalue weighted by Crippen LogP contribution is 2.16. The third-order valence-electron chi connectivity index (χ3n) is 4.99. The standard InChI is InChI=1S/C24H21F2N9O2S/c25-17-5-1-15(2-6-17)13-27-21-30-22(28-14-16-3-7-18(26)8-4-16)32-23(31-21)33-34-24(38)29-19-9-11-20(12-10-19)35(36)37/h1-12H,13-14H2,(H2,29,34,38)(H3,27,28,30,31,32,33). The number of nitrogens with zero attached hydrogens (tertiary/aromatic N) is 4. The molecule has 38 heavy (non-hydrogen) atoms. The van der Waals surface area contributed by atoms with Gasteiger partial charge in [0.05, 0.1) is 4.92 Å². The molecule has 0 fully saturated rings. The van der Waals surface area contributed by atoms with Gasteiger partial charge in [-0.15, -0.1) is 0 Å². The smallest absolute Gasteiger partial charge is 0.269 e. The molecular weight excluding hydrogens is 516 g/mol. The first-order valence-corrected chi connectivity index (χ1v) is 11.5. The van der Waals surface area contributed by atoms with Crippen LogP contribution in [0, 0.1) is 21.7 Å². The summed E-state index contributed by atoms with van der Waals surface area (Å²) >= 11 is 5.25. The molecule has 0 bridgehead atoms. The summed E-state index contributed by atoms with van der Waals surface area (Å²) in [5.41, 5.74) is 7.65. The van der Waals surface area contributed by atoms with E-state index in [1.165, 1.54) is 48.5 Å². The largest absolute Gasteiger partial charge is 0.350 e. The van der Waals surface area contributed by atoms with Crippen LogP contribution in [0.4, 0.5) is 38.0 Å². The van der Waals surface area contributed by atoms with Gasteiger partial charge in [-0.3, -0.25) is 21.0 Å².